The second kappa shape index (κ2) is 3.42. The number of nitrogens with zero attached hydrogens (tertiary/aromatic N) is 2. The van der Waals surface area contributed by atoms with Crippen molar-refractivity contribution in [1.29, 1.82) is 0 Å². The van der Waals surface area contributed by atoms with Gasteiger partial charge in [-0.15, -0.1) is 0 Å². The zero-order chi connectivity index (χ0) is 9.26. The Labute approximate surface area is 83.0 Å². The molecule has 2 nitrogen and oxygen atoms in total. The van der Waals surface area contributed by atoms with E-state index in [1.165, 1.54) is 5.69 Å². The second-order valence-corrected chi connectivity index (χ2v) is 3.44. The summed E-state index contributed by atoms with van der Waals surface area (Å²) in [6.45, 7) is 2.08. The predicted molar refractivity (Wildman–Crippen MR) is 56.1 cm³/mol. The first-order valence-electron chi connectivity index (χ1n) is 4.33. The fourth-order valence-corrected chi connectivity index (χ4v) is 1.69. The van der Waals surface area contributed by atoms with E-state index in [-0.39, 0.29) is 0 Å². The molecule has 0 bridgehead atoms. The first kappa shape index (κ1) is 8.63. The van der Waals surface area contributed by atoms with Crippen molar-refractivity contribution in [3.8, 4) is 0 Å². The van der Waals surface area contributed by atoms with Crippen LogP contribution in [-0.4, -0.2) is 15.1 Å². The van der Waals surface area contributed by atoms with Gasteiger partial charge in [-0.05, 0) is 19.1 Å². The molecule has 13 heavy (non-hydrogen) atoms. The van der Waals surface area contributed by atoms with Gasteiger partial charge >= 0.3 is 0 Å². The summed E-state index contributed by atoms with van der Waals surface area (Å²) >= 11 is 4.95. The molecule has 2 aromatic heterocycles. The summed E-state index contributed by atoms with van der Waals surface area (Å²) in [7, 11) is 0. The quantitative estimate of drug-likeness (QED) is 0.712. The van der Waals surface area contributed by atoms with E-state index in [9.17, 15) is 0 Å². The van der Waals surface area contributed by atoms with Crippen LogP contribution in [0.25, 0.3) is 5.65 Å². The molecule has 0 aliphatic heterocycles. The van der Waals surface area contributed by atoms with Crippen LogP contribution in [0.4, 0.5) is 0 Å². The van der Waals surface area contributed by atoms with E-state index in [4.69, 9.17) is 12.6 Å². The lowest BCUT2D eigenvalue weighted by molar-refractivity contribution is 1.03. The van der Waals surface area contributed by atoms with Gasteiger partial charge in [0.15, 0.2) is 0 Å². The van der Waals surface area contributed by atoms with Gasteiger partial charge in [-0.3, -0.25) is 0 Å². The number of hydrogen-bond acceptors (Lipinski definition) is 1. The molecule has 2 aromatic rings. The van der Waals surface area contributed by atoms with Gasteiger partial charge in [0.1, 0.15) is 5.65 Å². The van der Waals surface area contributed by atoms with Crippen LogP contribution in [-0.2, 0) is 6.42 Å². The standard InChI is InChI=1S/C10H11N2S/c1-8-9(5-7-13)11-10-4-2-3-6-12(8)10/h2-4,6H,5,7H2,1H3. The Balaban J connectivity index is 2.60. The van der Waals surface area contributed by atoms with Crippen LogP contribution in [0.1, 0.15) is 11.4 Å². The molecular weight excluding hydrogens is 180 g/mol. The van der Waals surface area contributed by atoms with E-state index < -0.39 is 0 Å². The van der Waals surface area contributed by atoms with E-state index in [0.29, 0.717) is 0 Å². The number of rotatable bonds is 2. The Morgan fingerprint density at radius 1 is 1.46 bits per heavy atom. The molecule has 0 aliphatic rings. The average molecular weight is 191 g/mol. The topological polar surface area (TPSA) is 17.3 Å². The lowest BCUT2D eigenvalue weighted by atomic mass is 10.3. The summed E-state index contributed by atoms with van der Waals surface area (Å²) in [5, 5.41) is 0. The zero-order valence-electron chi connectivity index (χ0n) is 7.53. The highest BCUT2D eigenvalue weighted by Gasteiger charge is 2.05. The minimum atomic E-state index is 0.741. The van der Waals surface area contributed by atoms with E-state index in [0.717, 1.165) is 23.5 Å². The number of hydrogen-bond donors (Lipinski definition) is 0. The first-order chi connectivity index (χ1) is 6.33. The van der Waals surface area contributed by atoms with E-state index in [2.05, 4.69) is 16.3 Å². The molecule has 0 amide bonds. The molecule has 2 rings (SSSR count). The summed E-state index contributed by atoms with van der Waals surface area (Å²) in [6, 6.07) is 6.03. The van der Waals surface area contributed by atoms with Gasteiger partial charge in [-0.1, -0.05) is 18.7 Å². The first-order valence-corrected chi connectivity index (χ1v) is 4.91. The van der Waals surface area contributed by atoms with Crippen LogP contribution in [0.2, 0.25) is 0 Å². The maximum absolute atomic E-state index is 4.95. The number of pyridine rings is 1. The molecule has 0 N–H and O–H groups in total. The smallest absolute Gasteiger partial charge is 0.137 e. The van der Waals surface area contributed by atoms with Crippen LogP contribution in [0, 0.1) is 6.92 Å². The lowest BCUT2D eigenvalue weighted by Crippen LogP contribution is -1.90. The fourth-order valence-electron chi connectivity index (χ4n) is 1.50. The van der Waals surface area contributed by atoms with Crippen LogP contribution in [0.3, 0.4) is 0 Å². The van der Waals surface area contributed by atoms with Crippen molar-refractivity contribution in [2.45, 2.75) is 13.3 Å². The summed E-state index contributed by atoms with van der Waals surface area (Å²) in [4.78, 5) is 4.50. The largest absolute Gasteiger partial charge is 0.304 e. The minimum absolute atomic E-state index is 0.741. The molecule has 3 heteroatoms. The van der Waals surface area contributed by atoms with Gasteiger partial charge in [0.05, 0.1) is 5.69 Å². The number of imidazole rings is 1. The number of aryl methyl sites for hydroxylation is 2. The Hall–Kier alpha value is -0.960. The number of fused-ring (bicyclic) bond motifs is 1. The van der Waals surface area contributed by atoms with E-state index >= 15 is 0 Å². The third kappa shape index (κ3) is 1.44. The fraction of sp³-hybridized carbons (Fsp3) is 0.300. The van der Waals surface area contributed by atoms with Crippen molar-refractivity contribution < 1.29 is 0 Å². The van der Waals surface area contributed by atoms with Gasteiger partial charge in [0, 0.05) is 24.1 Å². The van der Waals surface area contributed by atoms with Gasteiger partial charge in [0.25, 0.3) is 0 Å². The molecule has 0 atom stereocenters. The molecule has 0 spiro atoms. The lowest BCUT2D eigenvalue weighted by Gasteiger charge is -1.95. The van der Waals surface area contributed by atoms with Gasteiger partial charge in [-0.25, -0.2) is 4.98 Å². The molecule has 0 fully saturated rings. The highest BCUT2D eigenvalue weighted by atomic mass is 32.1. The van der Waals surface area contributed by atoms with Crippen LogP contribution >= 0.6 is 12.6 Å². The molecule has 1 radical (unpaired) electrons. The third-order valence-electron chi connectivity index (χ3n) is 2.21. The van der Waals surface area contributed by atoms with E-state index in [1.54, 1.807) is 0 Å². The summed E-state index contributed by atoms with van der Waals surface area (Å²) < 4.78 is 2.10. The normalized spacial score (nSPS) is 10.9. The van der Waals surface area contributed by atoms with Gasteiger partial charge in [-0.2, -0.15) is 0 Å². The van der Waals surface area contributed by atoms with Gasteiger partial charge < -0.3 is 4.40 Å². The molecule has 2 heterocycles. The van der Waals surface area contributed by atoms with Crippen molar-refractivity contribution in [3.05, 3.63) is 35.8 Å². The third-order valence-corrected chi connectivity index (χ3v) is 2.41. The molecule has 67 valence electrons. The minimum Gasteiger partial charge on any atom is -0.304 e. The maximum atomic E-state index is 4.95. The SMILES string of the molecule is Cc1c(CC[S])nc2ccccn12. The van der Waals surface area contributed by atoms with Crippen molar-refractivity contribution >= 4 is 18.3 Å². The Kier molecular flexibility index (Phi) is 2.27. The molecular formula is C10H11N2S. The Morgan fingerprint density at radius 2 is 2.31 bits per heavy atom. The van der Waals surface area contributed by atoms with Crippen molar-refractivity contribution in [1.82, 2.24) is 9.38 Å². The summed E-state index contributed by atoms with van der Waals surface area (Å²) in [6.07, 6.45) is 2.92. The molecule has 0 unspecified atom stereocenters. The zero-order valence-corrected chi connectivity index (χ0v) is 8.34. The average Bonchev–Trinajstić information content (AvgIpc) is 2.46. The van der Waals surface area contributed by atoms with Crippen molar-refractivity contribution in [2.75, 3.05) is 5.75 Å². The van der Waals surface area contributed by atoms with Crippen molar-refractivity contribution in [3.63, 3.8) is 0 Å². The number of aromatic nitrogens is 2. The van der Waals surface area contributed by atoms with Crippen molar-refractivity contribution in [2.24, 2.45) is 0 Å². The Bertz CT molecular complexity index is 420. The van der Waals surface area contributed by atoms with Gasteiger partial charge in [0.2, 0.25) is 0 Å². The van der Waals surface area contributed by atoms with Crippen LogP contribution in [0.15, 0.2) is 24.4 Å². The highest BCUT2D eigenvalue weighted by molar-refractivity contribution is 7.80. The Morgan fingerprint density at radius 3 is 3.00 bits per heavy atom. The van der Waals surface area contributed by atoms with E-state index in [1.807, 2.05) is 24.4 Å². The molecule has 0 aromatic carbocycles. The summed E-state index contributed by atoms with van der Waals surface area (Å²) in [5.41, 5.74) is 3.35. The maximum Gasteiger partial charge on any atom is 0.137 e. The second-order valence-electron chi connectivity index (χ2n) is 3.03. The summed E-state index contributed by atoms with van der Waals surface area (Å²) in [5.74, 6) is 0.741. The van der Waals surface area contributed by atoms with Crippen LogP contribution in [0.5, 0.6) is 0 Å². The molecule has 0 saturated carbocycles. The predicted octanol–water partition coefficient (Wildman–Crippen LogP) is 2.38. The highest BCUT2D eigenvalue weighted by Crippen LogP contribution is 2.11. The monoisotopic (exact) mass is 191 g/mol. The molecule has 0 aliphatic carbocycles. The van der Waals surface area contributed by atoms with Crippen LogP contribution < -0.4 is 0 Å². The molecule has 0 saturated heterocycles.